The molecule has 2 aromatic heterocycles. The van der Waals surface area contributed by atoms with Gasteiger partial charge in [0.15, 0.2) is 5.16 Å². The van der Waals surface area contributed by atoms with Crippen molar-refractivity contribution >= 4 is 47.1 Å². The van der Waals surface area contributed by atoms with Crippen LogP contribution in [0.25, 0.3) is 5.69 Å². The number of hydrogen-bond acceptors (Lipinski definition) is 5. The summed E-state index contributed by atoms with van der Waals surface area (Å²) in [5, 5.41) is 5.58. The molecule has 0 atom stereocenters. The van der Waals surface area contributed by atoms with E-state index in [1.165, 1.54) is 11.8 Å². The topological polar surface area (TPSA) is 72.2 Å². The first-order chi connectivity index (χ1) is 13.5. The Morgan fingerprint density at radius 3 is 2.75 bits per heavy atom. The first-order valence-electron chi connectivity index (χ1n) is 8.32. The number of thioether (sulfide) groups is 1. The summed E-state index contributed by atoms with van der Waals surface area (Å²) in [6.07, 6.45) is 4.87. The van der Waals surface area contributed by atoms with Gasteiger partial charge in [0.2, 0.25) is 0 Å². The lowest BCUT2D eigenvalue weighted by atomic mass is 10.2. The highest BCUT2D eigenvalue weighted by Crippen LogP contribution is 2.31. The van der Waals surface area contributed by atoms with Gasteiger partial charge in [0.05, 0.1) is 27.7 Å². The fraction of sp³-hybridized carbons (Fsp3) is 0.158. The summed E-state index contributed by atoms with van der Waals surface area (Å²) < 4.78 is 2.00. The minimum absolute atomic E-state index is 0.179. The highest BCUT2D eigenvalue weighted by Gasteiger charge is 2.13. The van der Waals surface area contributed by atoms with Gasteiger partial charge in [-0.3, -0.25) is 4.79 Å². The zero-order valence-electron chi connectivity index (χ0n) is 15.2. The molecule has 1 amide bonds. The number of aromatic nitrogens is 3. The molecular weight excluding hydrogens is 417 g/mol. The molecule has 28 heavy (non-hydrogen) atoms. The van der Waals surface area contributed by atoms with E-state index in [4.69, 9.17) is 23.2 Å². The van der Waals surface area contributed by atoms with Crippen LogP contribution in [0.2, 0.25) is 10.0 Å². The molecule has 0 bridgehead atoms. The standard InChI is InChI=1S/C19H17Cl2N5OS/c1-12-9-14(13(2)26(12)16-6-3-5-15(20)18(16)21)10-24-25-17(27)11-28-19-22-7-4-8-23-19/h3-10H,11H2,1-2H3,(H,25,27)/b24-10-. The molecule has 2 heterocycles. The second kappa shape index (κ2) is 9.23. The number of carbonyl (C=O) groups excluding carboxylic acids is 1. The Morgan fingerprint density at radius 2 is 2.00 bits per heavy atom. The SMILES string of the molecule is Cc1cc(/C=N\NC(=O)CSc2ncccn2)c(C)n1-c1cccc(Cl)c1Cl. The van der Waals surface area contributed by atoms with Crippen molar-refractivity contribution in [2.45, 2.75) is 19.0 Å². The van der Waals surface area contributed by atoms with Crippen LogP contribution in [0, 0.1) is 13.8 Å². The third-order valence-corrected chi connectivity index (χ3v) is 5.59. The predicted molar refractivity (Wildman–Crippen MR) is 114 cm³/mol. The van der Waals surface area contributed by atoms with Crippen LogP contribution in [0.4, 0.5) is 0 Å². The maximum absolute atomic E-state index is 11.9. The summed E-state index contributed by atoms with van der Waals surface area (Å²) in [6, 6.07) is 9.19. The molecule has 0 radical (unpaired) electrons. The average Bonchev–Trinajstić information content (AvgIpc) is 2.97. The van der Waals surface area contributed by atoms with Gasteiger partial charge in [-0.1, -0.05) is 41.0 Å². The fourth-order valence-electron chi connectivity index (χ4n) is 2.65. The van der Waals surface area contributed by atoms with Crippen LogP contribution in [-0.4, -0.2) is 32.4 Å². The summed E-state index contributed by atoms with van der Waals surface area (Å²) >= 11 is 13.7. The molecule has 0 aliphatic heterocycles. The van der Waals surface area contributed by atoms with E-state index < -0.39 is 0 Å². The number of nitrogens with one attached hydrogen (secondary N) is 1. The quantitative estimate of drug-likeness (QED) is 0.270. The molecule has 0 saturated heterocycles. The van der Waals surface area contributed by atoms with Crippen molar-refractivity contribution in [3.8, 4) is 5.69 Å². The summed E-state index contributed by atoms with van der Waals surface area (Å²) in [5.41, 5.74) is 6.10. The normalized spacial score (nSPS) is 11.1. The van der Waals surface area contributed by atoms with Crippen molar-refractivity contribution in [3.05, 3.63) is 69.7 Å². The fourth-order valence-corrected chi connectivity index (χ4v) is 3.63. The molecule has 1 aromatic carbocycles. The van der Waals surface area contributed by atoms with Crippen molar-refractivity contribution in [2.75, 3.05) is 5.75 Å². The minimum Gasteiger partial charge on any atom is -0.316 e. The van der Waals surface area contributed by atoms with Gasteiger partial charge in [-0.25, -0.2) is 15.4 Å². The first kappa shape index (κ1) is 20.4. The first-order valence-corrected chi connectivity index (χ1v) is 10.1. The largest absolute Gasteiger partial charge is 0.316 e. The minimum atomic E-state index is -0.236. The molecule has 9 heteroatoms. The van der Waals surface area contributed by atoms with E-state index in [9.17, 15) is 4.79 Å². The van der Waals surface area contributed by atoms with Crippen LogP contribution in [0.5, 0.6) is 0 Å². The number of carbonyl (C=O) groups is 1. The van der Waals surface area contributed by atoms with Gasteiger partial charge in [-0.2, -0.15) is 5.10 Å². The lowest BCUT2D eigenvalue weighted by Gasteiger charge is -2.12. The van der Waals surface area contributed by atoms with Crippen LogP contribution in [0.1, 0.15) is 17.0 Å². The van der Waals surface area contributed by atoms with Gasteiger partial charge in [0, 0.05) is 29.3 Å². The van der Waals surface area contributed by atoms with Crippen LogP contribution in [0.15, 0.2) is 53.0 Å². The van der Waals surface area contributed by atoms with Crippen LogP contribution in [0.3, 0.4) is 0 Å². The molecule has 0 saturated carbocycles. The molecule has 144 valence electrons. The van der Waals surface area contributed by atoms with Gasteiger partial charge in [0.25, 0.3) is 5.91 Å². The van der Waals surface area contributed by atoms with E-state index in [-0.39, 0.29) is 11.7 Å². The Balaban J connectivity index is 1.68. The highest BCUT2D eigenvalue weighted by atomic mass is 35.5. The molecule has 3 aromatic rings. The van der Waals surface area contributed by atoms with Crippen LogP contribution in [-0.2, 0) is 4.79 Å². The van der Waals surface area contributed by atoms with Crippen molar-refractivity contribution in [3.63, 3.8) is 0 Å². The van der Waals surface area contributed by atoms with Crippen molar-refractivity contribution in [1.82, 2.24) is 20.0 Å². The number of benzene rings is 1. The lowest BCUT2D eigenvalue weighted by molar-refractivity contribution is -0.118. The second-order valence-electron chi connectivity index (χ2n) is 5.85. The number of aryl methyl sites for hydroxylation is 1. The summed E-state index contributed by atoms with van der Waals surface area (Å²) in [6.45, 7) is 3.92. The van der Waals surface area contributed by atoms with Crippen LogP contribution >= 0.6 is 35.0 Å². The van der Waals surface area contributed by atoms with Crippen LogP contribution < -0.4 is 5.43 Å². The Kier molecular flexibility index (Phi) is 6.72. The van der Waals surface area contributed by atoms with Gasteiger partial charge in [0.1, 0.15) is 0 Å². The van der Waals surface area contributed by atoms with Gasteiger partial charge < -0.3 is 4.57 Å². The van der Waals surface area contributed by atoms with Gasteiger partial charge >= 0.3 is 0 Å². The summed E-state index contributed by atoms with van der Waals surface area (Å²) in [4.78, 5) is 20.0. The van der Waals surface area contributed by atoms with E-state index in [0.29, 0.717) is 15.2 Å². The molecule has 0 aliphatic carbocycles. The zero-order chi connectivity index (χ0) is 20.1. The molecule has 6 nitrogen and oxygen atoms in total. The number of nitrogens with zero attached hydrogens (tertiary/aromatic N) is 4. The lowest BCUT2D eigenvalue weighted by Crippen LogP contribution is -2.19. The van der Waals surface area contributed by atoms with E-state index in [2.05, 4.69) is 20.5 Å². The predicted octanol–water partition coefficient (Wildman–Crippen LogP) is 4.43. The Bertz CT molecular complexity index is 1020. The smallest absolute Gasteiger partial charge is 0.250 e. The van der Waals surface area contributed by atoms with E-state index in [1.807, 2.05) is 36.6 Å². The van der Waals surface area contributed by atoms with Crippen molar-refractivity contribution in [2.24, 2.45) is 5.10 Å². The molecule has 0 spiro atoms. The Hall–Kier alpha value is -2.35. The van der Waals surface area contributed by atoms with E-state index >= 15 is 0 Å². The third-order valence-electron chi connectivity index (χ3n) is 3.91. The number of halogens is 2. The third kappa shape index (κ3) is 4.73. The number of hydrazone groups is 1. The van der Waals surface area contributed by atoms with Crippen molar-refractivity contribution < 1.29 is 4.79 Å². The number of amides is 1. The Labute approximate surface area is 177 Å². The number of rotatable bonds is 6. The molecule has 0 aliphatic rings. The Morgan fingerprint density at radius 1 is 1.25 bits per heavy atom. The van der Waals surface area contributed by atoms with Crippen molar-refractivity contribution in [1.29, 1.82) is 0 Å². The summed E-state index contributed by atoms with van der Waals surface area (Å²) in [7, 11) is 0. The molecule has 1 N–H and O–H groups in total. The molecule has 0 fully saturated rings. The molecule has 0 unspecified atom stereocenters. The van der Waals surface area contributed by atoms with Gasteiger partial charge in [-0.05, 0) is 38.1 Å². The van der Waals surface area contributed by atoms with Gasteiger partial charge in [-0.15, -0.1) is 0 Å². The average molecular weight is 434 g/mol. The maximum Gasteiger partial charge on any atom is 0.250 e. The second-order valence-corrected chi connectivity index (χ2v) is 7.58. The zero-order valence-corrected chi connectivity index (χ0v) is 17.5. The van der Waals surface area contributed by atoms with E-state index in [0.717, 1.165) is 22.6 Å². The summed E-state index contributed by atoms with van der Waals surface area (Å²) in [5.74, 6) is -0.0567. The maximum atomic E-state index is 11.9. The highest BCUT2D eigenvalue weighted by molar-refractivity contribution is 7.99. The monoisotopic (exact) mass is 433 g/mol. The molecule has 3 rings (SSSR count). The number of hydrogen-bond donors (Lipinski definition) is 1. The van der Waals surface area contributed by atoms with E-state index in [1.54, 1.807) is 30.7 Å². The molecular formula is C19H17Cl2N5OS.